The topological polar surface area (TPSA) is 124 Å². The second-order valence-corrected chi connectivity index (χ2v) is 10.4. The van der Waals surface area contributed by atoms with Crippen molar-refractivity contribution in [3.8, 4) is 0 Å². The molecule has 2 rings (SSSR count). The van der Waals surface area contributed by atoms with Gasteiger partial charge in [0.25, 0.3) is 0 Å². The van der Waals surface area contributed by atoms with Gasteiger partial charge in [-0.25, -0.2) is 9.59 Å². The maximum Gasteiger partial charge on any atom is 0.408 e. The first kappa shape index (κ1) is 28.8. The predicted molar refractivity (Wildman–Crippen MR) is 135 cm³/mol. The average molecular weight is 502 g/mol. The van der Waals surface area contributed by atoms with E-state index < -0.39 is 35.8 Å². The fourth-order valence-corrected chi connectivity index (χ4v) is 3.85. The minimum Gasteiger partial charge on any atom is -0.467 e. The average Bonchev–Trinajstić information content (AvgIpc) is 3.24. The summed E-state index contributed by atoms with van der Waals surface area (Å²) in [4.78, 5) is 38.6. The smallest absolute Gasteiger partial charge is 0.408 e. The van der Waals surface area contributed by atoms with E-state index in [2.05, 4.69) is 20.8 Å². The van der Waals surface area contributed by atoms with Crippen LogP contribution in [0.5, 0.6) is 0 Å². The lowest BCUT2D eigenvalue weighted by atomic mass is 9.99. The molecule has 198 valence electrons. The SMILES string of the molecule is COC(=O)[C@H](Cc1ccccc1)NC(=O)[C@H](C(C)C)n1cnnc1[C@@H](NC(=O)OC(C)(C)C)C(C)C. The number of carbonyl (C=O) groups excluding carboxylic acids is 3. The van der Waals surface area contributed by atoms with Gasteiger partial charge in [-0.3, -0.25) is 4.79 Å². The van der Waals surface area contributed by atoms with Crippen molar-refractivity contribution >= 4 is 18.0 Å². The van der Waals surface area contributed by atoms with Crippen molar-refractivity contribution in [2.24, 2.45) is 11.8 Å². The number of alkyl carbamates (subject to hydrolysis) is 1. The zero-order chi connectivity index (χ0) is 27.0. The lowest BCUT2D eigenvalue weighted by Gasteiger charge is -2.29. The molecule has 2 aromatic rings. The van der Waals surface area contributed by atoms with E-state index in [-0.39, 0.29) is 24.2 Å². The molecular weight excluding hydrogens is 462 g/mol. The molecule has 0 bridgehead atoms. The van der Waals surface area contributed by atoms with Crippen molar-refractivity contribution in [2.45, 2.75) is 78.6 Å². The van der Waals surface area contributed by atoms with E-state index in [4.69, 9.17) is 9.47 Å². The summed E-state index contributed by atoms with van der Waals surface area (Å²) in [5.41, 5.74) is 0.224. The Bertz CT molecular complexity index is 1010. The number of amides is 2. The minimum absolute atomic E-state index is 0.0720. The van der Waals surface area contributed by atoms with E-state index in [1.54, 1.807) is 25.3 Å². The second kappa shape index (κ2) is 12.5. The summed E-state index contributed by atoms with van der Waals surface area (Å²) in [5, 5.41) is 14.0. The molecule has 36 heavy (non-hydrogen) atoms. The van der Waals surface area contributed by atoms with E-state index in [0.717, 1.165) is 5.56 Å². The molecule has 3 atom stereocenters. The lowest BCUT2D eigenvalue weighted by Crippen LogP contribution is -2.47. The van der Waals surface area contributed by atoms with Crippen LogP contribution in [-0.4, -0.2) is 51.5 Å². The normalized spacial score (nSPS) is 14.2. The molecule has 0 aliphatic carbocycles. The van der Waals surface area contributed by atoms with E-state index in [1.165, 1.54) is 13.4 Å². The fourth-order valence-electron chi connectivity index (χ4n) is 3.85. The first-order chi connectivity index (χ1) is 16.8. The highest BCUT2D eigenvalue weighted by Crippen LogP contribution is 2.27. The summed E-state index contributed by atoms with van der Waals surface area (Å²) in [7, 11) is 1.29. The number of aromatic nitrogens is 3. The Morgan fingerprint density at radius 2 is 1.64 bits per heavy atom. The highest BCUT2D eigenvalue weighted by Gasteiger charge is 2.34. The van der Waals surface area contributed by atoms with Gasteiger partial charge in [-0.2, -0.15) is 0 Å². The molecular formula is C26H39N5O5. The maximum atomic E-state index is 13.6. The third kappa shape index (κ3) is 8.07. The molecule has 1 aromatic carbocycles. The monoisotopic (exact) mass is 501 g/mol. The van der Waals surface area contributed by atoms with Gasteiger partial charge in [-0.05, 0) is 38.2 Å². The number of esters is 1. The van der Waals surface area contributed by atoms with Crippen LogP contribution >= 0.6 is 0 Å². The summed E-state index contributed by atoms with van der Waals surface area (Å²) in [5.74, 6) is -0.744. The van der Waals surface area contributed by atoms with E-state index >= 15 is 0 Å². The molecule has 0 saturated heterocycles. The summed E-state index contributed by atoms with van der Waals surface area (Å²) >= 11 is 0. The molecule has 1 heterocycles. The molecule has 0 fully saturated rings. The van der Waals surface area contributed by atoms with Crippen molar-refractivity contribution in [1.29, 1.82) is 0 Å². The minimum atomic E-state index is -0.869. The van der Waals surface area contributed by atoms with E-state index in [0.29, 0.717) is 5.82 Å². The summed E-state index contributed by atoms with van der Waals surface area (Å²) in [6, 6.07) is 7.23. The third-order valence-corrected chi connectivity index (χ3v) is 5.50. The van der Waals surface area contributed by atoms with E-state index in [1.807, 2.05) is 58.0 Å². The van der Waals surface area contributed by atoms with Crippen LogP contribution in [-0.2, 0) is 25.5 Å². The highest BCUT2D eigenvalue weighted by molar-refractivity contribution is 5.87. The van der Waals surface area contributed by atoms with Gasteiger partial charge in [0.05, 0.1) is 13.2 Å². The molecule has 0 aliphatic heterocycles. The van der Waals surface area contributed by atoms with E-state index in [9.17, 15) is 14.4 Å². The molecule has 1 aromatic heterocycles. The number of hydrogen-bond acceptors (Lipinski definition) is 7. The molecule has 0 radical (unpaired) electrons. The van der Waals surface area contributed by atoms with Crippen molar-refractivity contribution in [3.05, 3.63) is 48.0 Å². The number of benzene rings is 1. The first-order valence-electron chi connectivity index (χ1n) is 12.1. The van der Waals surface area contributed by atoms with Gasteiger partial charge in [0.15, 0.2) is 5.82 Å². The molecule has 10 heteroatoms. The Labute approximate surface area is 213 Å². The molecule has 0 saturated carbocycles. The number of hydrogen-bond donors (Lipinski definition) is 2. The second-order valence-electron chi connectivity index (χ2n) is 10.4. The zero-order valence-corrected chi connectivity index (χ0v) is 22.4. The Morgan fingerprint density at radius 3 is 2.17 bits per heavy atom. The van der Waals surface area contributed by atoms with Crippen LogP contribution in [0.3, 0.4) is 0 Å². The first-order valence-corrected chi connectivity index (χ1v) is 12.1. The van der Waals surface area contributed by atoms with Crippen LogP contribution in [0.1, 0.15) is 71.9 Å². The molecule has 2 amide bonds. The Kier molecular flexibility index (Phi) is 10.0. The molecule has 2 N–H and O–H groups in total. The standard InChI is InChI=1S/C26H39N5O5/c1-16(2)20(29-25(34)36-26(5,6)7)22-30-27-15-31(22)21(17(3)4)23(32)28-19(24(33)35-8)14-18-12-10-9-11-13-18/h9-13,15-17,19-21H,14H2,1-8H3,(H,28,32)(H,29,34)/t19-,20-,21-/m0/s1. The molecule has 0 unspecified atom stereocenters. The predicted octanol–water partition coefficient (Wildman–Crippen LogP) is 3.60. The highest BCUT2D eigenvalue weighted by atomic mass is 16.6. The lowest BCUT2D eigenvalue weighted by molar-refractivity contribution is -0.145. The number of nitrogens with zero attached hydrogens (tertiary/aromatic N) is 3. The van der Waals surface area contributed by atoms with Crippen LogP contribution in [0.15, 0.2) is 36.7 Å². The van der Waals surface area contributed by atoms with Crippen LogP contribution in [0, 0.1) is 11.8 Å². The molecule has 0 aliphatic rings. The molecule has 0 spiro atoms. The van der Waals surface area contributed by atoms with Crippen molar-refractivity contribution < 1.29 is 23.9 Å². The quantitative estimate of drug-likeness (QED) is 0.477. The van der Waals surface area contributed by atoms with Crippen LogP contribution in [0.25, 0.3) is 0 Å². The summed E-state index contributed by atoms with van der Waals surface area (Å²) in [6.07, 6.45) is 1.17. The van der Waals surface area contributed by atoms with Crippen molar-refractivity contribution in [1.82, 2.24) is 25.4 Å². The van der Waals surface area contributed by atoms with Crippen LogP contribution in [0.4, 0.5) is 4.79 Å². The van der Waals surface area contributed by atoms with Crippen LogP contribution in [0.2, 0.25) is 0 Å². The number of carbonyl (C=O) groups is 3. The Morgan fingerprint density at radius 1 is 1.00 bits per heavy atom. The van der Waals surface area contributed by atoms with Crippen LogP contribution < -0.4 is 10.6 Å². The Hall–Kier alpha value is -3.43. The maximum absolute atomic E-state index is 13.6. The number of ether oxygens (including phenoxy) is 2. The van der Waals surface area contributed by atoms with Gasteiger partial charge >= 0.3 is 12.1 Å². The van der Waals surface area contributed by atoms with Gasteiger partial charge in [0.2, 0.25) is 5.91 Å². The fraction of sp³-hybridized carbons (Fsp3) is 0.577. The summed E-state index contributed by atoms with van der Waals surface area (Å²) < 4.78 is 12.0. The van der Waals surface area contributed by atoms with Gasteiger partial charge in [-0.15, -0.1) is 10.2 Å². The largest absolute Gasteiger partial charge is 0.467 e. The third-order valence-electron chi connectivity index (χ3n) is 5.50. The van der Waals surface area contributed by atoms with Crippen molar-refractivity contribution in [3.63, 3.8) is 0 Å². The number of rotatable bonds is 10. The van der Waals surface area contributed by atoms with Gasteiger partial charge in [0, 0.05) is 6.42 Å². The molecule has 10 nitrogen and oxygen atoms in total. The zero-order valence-electron chi connectivity index (χ0n) is 22.4. The number of nitrogens with one attached hydrogen (secondary N) is 2. The van der Waals surface area contributed by atoms with Gasteiger partial charge in [0.1, 0.15) is 24.0 Å². The van der Waals surface area contributed by atoms with Crippen molar-refractivity contribution in [2.75, 3.05) is 7.11 Å². The summed E-state index contributed by atoms with van der Waals surface area (Å²) in [6.45, 7) is 13.0. The van der Waals surface area contributed by atoms with Gasteiger partial charge < -0.3 is 24.7 Å². The Balaban J connectivity index is 2.33. The van der Waals surface area contributed by atoms with Gasteiger partial charge in [-0.1, -0.05) is 58.0 Å². The number of methoxy groups -OCH3 is 1.